The summed E-state index contributed by atoms with van der Waals surface area (Å²) in [5.74, 6) is 0.302. The molecule has 0 radical (unpaired) electrons. The molecule has 1 heterocycles. The fourth-order valence-corrected chi connectivity index (χ4v) is 6.18. The third kappa shape index (κ3) is 6.74. The first-order chi connectivity index (χ1) is 10.4. The fourth-order valence-electron chi connectivity index (χ4n) is 1.41. The molecule has 0 aliphatic carbocycles. The summed E-state index contributed by atoms with van der Waals surface area (Å²) in [5.41, 5.74) is 0. The van der Waals surface area contributed by atoms with Crippen LogP contribution in [0.5, 0.6) is 0 Å². The fraction of sp³-hybridized carbons (Fsp3) is 0.818. The molecule has 7 nitrogen and oxygen atoms in total. The van der Waals surface area contributed by atoms with Gasteiger partial charge in [0.25, 0.3) is 6.64 Å². The number of thioether (sulfide) groups is 1. The number of hydrogen-bond donors (Lipinski definition) is 1. The van der Waals surface area contributed by atoms with Crippen molar-refractivity contribution in [2.45, 2.75) is 33.2 Å². The van der Waals surface area contributed by atoms with Crippen LogP contribution in [0.15, 0.2) is 5.16 Å². The molecule has 1 rings (SSSR count). The van der Waals surface area contributed by atoms with Crippen molar-refractivity contribution < 1.29 is 18.7 Å². The molecule has 0 aromatic heterocycles. The highest BCUT2D eigenvalue weighted by atomic mass is 32.5. The third-order valence-electron chi connectivity index (χ3n) is 2.45. The van der Waals surface area contributed by atoms with Crippen molar-refractivity contribution in [3.63, 3.8) is 0 Å². The molecule has 0 saturated carbocycles. The Balaban J connectivity index is 2.45. The van der Waals surface area contributed by atoms with Crippen LogP contribution in [0.2, 0.25) is 0 Å². The molecule has 0 atom stereocenters. The third-order valence-corrected chi connectivity index (χ3v) is 8.50. The lowest BCUT2D eigenvalue weighted by Gasteiger charge is -2.37. The number of hydrogen-bond acceptors (Lipinski definition) is 8. The summed E-state index contributed by atoms with van der Waals surface area (Å²) in [5, 5.41) is 6.94. The van der Waals surface area contributed by atoms with E-state index in [1.807, 2.05) is 24.2 Å². The second-order valence-electron chi connectivity index (χ2n) is 4.53. The number of nitrogens with one attached hydrogen (secondary N) is 1. The SMILES string of the molecule is CS/C(C)=N/OC(=O)NCSN(C(C)C)P1(=S)OCCCO1. The van der Waals surface area contributed by atoms with Gasteiger partial charge in [-0.25, -0.2) is 4.79 Å². The van der Waals surface area contributed by atoms with Gasteiger partial charge in [-0.3, -0.25) is 4.84 Å². The molecular weight excluding hydrogens is 365 g/mol. The summed E-state index contributed by atoms with van der Waals surface area (Å²) in [6.45, 7) is 4.53. The van der Waals surface area contributed by atoms with E-state index >= 15 is 0 Å². The average Bonchev–Trinajstić information content (AvgIpc) is 2.49. The van der Waals surface area contributed by atoms with Crippen LogP contribution >= 0.6 is 30.4 Å². The van der Waals surface area contributed by atoms with Gasteiger partial charge in [0.1, 0.15) is 5.04 Å². The Bertz CT molecular complexity index is 440. The first kappa shape index (κ1) is 20.2. The number of carbonyl (C=O) groups excluding carboxylic acids is 1. The van der Waals surface area contributed by atoms with Crippen LogP contribution in [0, 0.1) is 0 Å². The van der Waals surface area contributed by atoms with Gasteiger partial charge in [0.05, 0.1) is 19.1 Å². The monoisotopic (exact) mass is 387 g/mol. The number of carbonyl (C=O) groups is 1. The Labute approximate surface area is 145 Å². The summed E-state index contributed by atoms with van der Waals surface area (Å²) in [6, 6.07) is 0.128. The van der Waals surface area contributed by atoms with Crippen LogP contribution < -0.4 is 5.32 Å². The minimum atomic E-state index is -2.47. The lowest BCUT2D eigenvalue weighted by molar-refractivity contribution is 0.152. The second-order valence-corrected chi connectivity index (χ2v) is 10.0. The van der Waals surface area contributed by atoms with Crippen molar-refractivity contribution in [3.8, 4) is 0 Å². The average molecular weight is 387 g/mol. The van der Waals surface area contributed by atoms with E-state index < -0.39 is 12.7 Å². The van der Waals surface area contributed by atoms with E-state index in [0.29, 0.717) is 24.1 Å². The molecule has 1 fully saturated rings. The summed E-state index contributed by atoms with van der Waals surface area (Å²) < 4.78 is 13.3. The predicted octanol–water partition coefficient (Wildman–Crippen LogP) is 3.39. The highest BCUT2D eigenvalue weighted by molar-refractivity contribution is 8.15. The highest BCUT2D eigenvalue weighted by Gasteiger charge is 2.33. The standard InChI is InChI=1S/C11H22N3O4PS3/c1-9(2)14(19(20)16-6-5-7-17-19)22-8-12-11(15)18-13-10(3)21-4/h9H,5-8H2,1-4H3,(H,12,15)/b13-10+. The molecule has 1 amide bonds. The van der Waals surface area contributed by atoms with E-state index in [1.54, 1.807) is 6.92 Å². The molecule has 0 bridgehead atoms. The largest absolute Gasteiger partial charge is 0.434 e. The quantitative estimate of drug-likeness (QED) is 0.141. The van der Waals surface area contributed by atoms with Crippen molar-refractivity contribution >= 4 is 53.3 Å². The Morgan fingerprint density at radius 1 is 1.50 bits per heavy atom. The van der Waals surface area contributed by atoms with E-state index in [4.69, 9.17) is 25.7 Å². The van der Waals surface area contributed by atoms with E-state index in [2.05, 4.69) is 10.5 Å². The van der Waals surface area contributed by atoms with Gasteiger partial charge in [-0.05, 0) is 57.2 Å². The van der Waals surface area contributed by atoms with E-state index in [1.165, 1.54) is 23.7 Å². The Morgan fingerprint density at radius 2 is 2.14 bits per heavy atom. The van der Waals surface area contributed by atoms with Crippen LogP contribution in [0.25, 0.3) is 0 Å². The summed E-state index contributed by atoms with van der Waals surface area (Å²) in [4.78, 5) is 16.2. The van der Waals surface area contributed by atoms with Crippen molar-refractivity contribution in [2.75, 3.05) is 25.3 Å². The lowest BCUT2D eigenvalue weighted by atomic mass is 10.4. The second kappa shape index (κ2) is 10.1. The normalized spacial score (nSPS) is 18.5. The Hall–Kier alpha value is 0.170. The van der Waals surface area contributed by atoms with Gasteiger partial charge in [-0.15, -0.1) is 11.8 Å². The Morgan fingerprint density at radius 3 is 2.68 bits per heavy atom. The van der Waals surface area contributed by atoms with Gasteiger partial charge in [-0.1, -0.05) is 5.16 Å². The lowest BCUT2D eigenvalue weighted by Crippen LogP contribution is -2.30. The molecule has 0 spiro atoms. The number of amides is 1. The van der Waals surface area contributed by atoms with Gasteiger partial charge in [-0.2, -0.15) is 4.08 Å². The zero-order chi connectivity index (χ0) is 16.6. The molecule has 1 N–H and O–H groups in total. The van der Waals surface area contributed by atoms with Crippen molar-refractivity contribution in [1.82, 2.24) is 9.39 Å². The highest BCUT2D eigenvalue weighted by Crippen LogP contribution is 2.58. The van der Waals surface area contributed by atoms with Crippen molar-refractivity contribution in [3.05, 3.63) is 0 Å². The first-order valence-corrected chi connectivity index (χ1v) is 11.5. The summed E-state index contributed by atoms with van der Waals surface area (Å²) in [7, 11) is 0. The maximum absolute atomic E-state index is 11.5. The van der Waals surface area contributed by atoms with Crippen LogP contribution in [-0.4, -0.2) is 46.6 Å². The van der Waals surface area contributed by atoms with Gasteiger partial charge >= 0.3 is 6.09 Å². The van der Waals surface area contributed by atoms with Gasteiger partial charge in [0.2, 0.25) is 0 Å². The number of oxime groups is 1. The molecule has 1 aliphatic rings. The minimum Gasteiger partial charge on any atom is -0.317 e. The molecule has 22 heavy (non-hydrogen) atoms. The molecule has 0 aromatic carbocycles. The van der Waals surface area contributed by atoms with E-state index in [9.17, 15) is 4.79 Å². The molecule has 0 unspecified atom stereocenters. The topological polar surface area (TPSA) is 72.4 Å². The maximum Gasteiger partial charge on any atom is 0.434 e. The van der Waals surface area contributed by atoms with E-state index in [0.717, 1.165) is 6.42 Å². The zero-order valence-electron chi connectivity index (χ0n) is 13.1. The van der Waals surface area contributed by atoms with E-state index in [-0.39, 0.29) is 6.04 Å². The van der Waals surface area contributed by atoms with Crippen molar-refractivity contribution in [2.24, 2.45) is 5.16 Å². The van der Waals surface area contributed by atoms with Gasteiger partial charge in [0.15, 0.2) is 0 Å². The maximum atomic E-state index is 11.5. The number of nitrogens with zero attached hydrogens (tertiary/aromatic N) is 2. The summed E-state index contributed by atoms with van der Waals surface area (Å²) in [6.07, 6.45) is 2.10. The predicted molar refractivity (Wildman–Crippen MR) is 96.5 cm³/mol. The first-order valence-electron chi connectivity index (χ1n) is 6.74. The minimum absolute atomic E-state index is 0.128. The molecule has 1 aliphatic heterocycles. The molecule has 1 saturated heterocycles. The van der Waals surface area contributed by atoms with Crippen LogP contribution in [0.4, 0.5) is 4.79 Å². The van der Waals surface area contributed by atoms with Crippen molar-refractivity contribution in [1.29, 1.82) is 0 Å². The van der Waals surface area contributed by atoms with Crippen LogP contribution in [0.1, 0.15) is 27.2 Å². The number of rotatable bonds is 6. The molecular formula is C11H22N3O4PS3. The zero-order valence-corrected chi connectivity index (χ0v) is 16.4. The smallest absolute Gasteiger partial charge is 0.317 e. The van der Waals surface area contributed by atoms with Gasteiger partial charge in [0, 0.05) is 6.04 Å². The molecule has 128 valence electrons. The Kier molecular flexibility index (Phi) is 9.30. The van der Waals surface area contributed by atoms with Crippen LogP contribution in [0.3, 0.4) is 0 Å². The summed E-state index contributed by atoms with van der Waals surface area (Å²) >= 11 is 8.31. The van der Waals surface area contributed by atoms with Crippen LogP contribution in [-0.2, 0) is 25.7 Å². The molecule has 11 heteroatoms. The van der Waals surface area contributed by atoms with Gasteiger partial charge < -0.3 is 14.4 Å². The molecule has 0 aromatic rings.